The van der Waals surface area contributed by atoms with Gasteiger partial charge in [-0.2, -0.15) is 0 Å². The van der Waals surface area contributed by atoms with Crippen LogP contribution in [0.15, 0.2) is 54.7 Å². The zero-order valence-corrected chi connectivity index (χ0v) is 16.9. The third-order valence-electron chi connectivity index (χ3n) is 5.42. The van der Waals surface area contributed by atoms with Gasteiger partial charge in [-0.1, -0.05) is 23.8 Å². The van der Waals surface area contributed by atoms with Crippen LogP contribution < -0.4 is 5.32 Å². The maximum absolute atomic E-state index is 5.57. The summed E-state index contributed by atoms with van der Waals surface area (Å²) >= 11 is 5.57. The van der Waals surface area contributed by atoms with Crippen molar-refractivity contribution in [3.05, 3.63) is 82.9 Å². The van der Waals surface area contributed by atoms with Gasteiger partial charge in [0.2, 0.25) is 0 Å². The van der Waals surface area contributed by atoms with E-state index < -0.39 is 0 Å². The van der Waals surface area contributed by atoms with Gasteiger partial charge in [-0.15, -0.1) is 0 Å². The molecular weight excluding hydrogens is 352 g/mol. The molecule has 2 atom stereocenters. The van der Waals surface area contributed by atoms with Crippen molar-refractivity contribution in [2.24, 2.45) is 0 Å². The van der Waals surface area contributed by atoms with Gasteiger partial charge >= 0.3 is 0 Å². The van der Waals surface area contributed by atoms with Crippen LogP contribution in [0.5, 0.6) is 0 Å². The highest BCUT2D eigenvalue weighted by atomic mass is 32.1. The number of likely N-dealkylation sites (N-methyl/N-ethyl adjacent to an activating group) is 1. The van der Waals surface area contributed by atoms with E-state index in [2.05, 4.69) is 84.0 Å². The van der Waals surface area contributed by atoms with Gasteiger partial charge in [0.15, 0.2) is 5.11 Å². The highest BCUT2D eigenvalue weighted by Crippen LogP contribution is 2.40. The van der Waals surface area contributed by atoms with E-state index in [-0.39, 0.29) is 12.1 Å². The van der Waals surface area contributed by atoms with Gasteiger partial charge in [-0.25, -0.2) is 0 Å². The van der Waals surface area contributed by atoms with Crippen LogP contribution in [0.1, 0.15) is 40.3 Å². The van der Waals surface area contributed by atoms with Gasteiger partial charge in [0.1, 0.15) is 0 Å². The van der Waals surface area contributed by atoms with E-state index in [4.69, 9.17) is 12.2 Å². The second-order valence-corrected chi connectivity index (χ2v) is 7.62. The van der Waals surface area contributed by atoms with Gasteiger partial charge in [0, 0.05) is 30.3 Å². The number of hydrogen-bond acceptors (Lipinski definition) is 2. The Morgan fingerprint density at radius 3 is 2.44 bits per heavy atom. The topological polar surface area (TPSA) is 33.1 Å². The first-order chi connectivity index (χ1) is 13.0. The summed E-state index contributed by atoms with van der Waals surface area (Å²) in [5.74, 6) is 0. The molecule has 1 aliphatic rings. The molecule has 4 nitrogen and oxygen atoms in total. The molecule has 138 valence electrons. The van der Waals surface area contributed by atoms with Crippen LogP contribution in [0.4, 0.5) is 0 Å². The van der Waals surface area contributed by atoms with Crippen molar-refractivity contribution in [2.45, 2.75) is 32.9 Å². The molecule has 2 aromatic heterocycles. The molecule has 0 amide bonds. The van der Waals surface area contributed by atoms with Crippen molar-refractivity contribution < 1.29 is 0 Å². The minimum Gasteiger partial charge on any atom is -0.352 e. The molecule has 1 N–H and O–H groups in total. The number of aryl methyl sites for hydroxylation is 2. The quantitative estimate of drug-likeness (QED) is 0.687. The summed E-state index contributed by atoms with van der Waals surface area (Å²) < 4.78 is 2.32. The van der Waals surface area contributed by atoms with Crippen LogP contribution in [0.3, 0.4) is 0 Å². The fourth-order valence-electron chi connectivity index (χ4n) is 4.03. The number of hydrogen-bond donors (Lipinski definition) is 1. The maximum Gasteiger partial charge on any atom is 0.169 e. The van der Waals surface area contributed by atoms with Crippen molar-refractivity contribution in [1.29, 1.82) is 0 Å². The number of pyridine rings is 1. The number of benzene rings is 1. The molecule has 0 aliphatic carbocycles. The Morgan fingerprint density at radius 1 is 1.04 bits per heavy atom. The highest BCUT2D eigenvalue weighted by Gasteiger charge is 2.39. The van der Waals surface area contributed by atoms with Gasteiger partial charge in [-0.3, -0.25) is 4.98 Å². The van der Waals surface area contributed by atoms with Crippen LogP contribution in [-0.4, -0.2) is 26.6 Å². The van der Waals surface area contributed by atoms with Crippen LogP contribution in [0.2, 0.25) is 0 Å². The fraction of sp³-hybridized carbons (Fsp3) is 0.273. The van der Waals surface area contributed by atoms with Crippen LogP contribution >= 0.6 is 12.2 Å². The second-order valence-electron chi connectivity index (χ2n) is 7.23. The first-order valence-corrected chi connectivity index (χ1v) is 9.58. The van der Waals surface area contributed by atoms with Gasteiger partial charge in [-0.05, 0) is 68.9 Å². The third-order valence-corrected chi connectivity index (χ3v) is 5.83. The number of thiocarbonyl (C=S) groups is 1. The largest absolute Gasteiger partial charge is 0.352 e. The molecule has 27 heavy (non-hydrogen) atoms. The Kier molecular flexibility index (Phi) is 4.48. The smallest absolute Gasteiger partial charge is 0.169 e. The second kappa shape index (κ2) is 6.82. The van der Waals surface area contributed by atoms with Crippen molar-refractivity contribution in [3.8, 4) is 5.69 Å². The molecular formula is C22H24N4S. The summed E-state index contributed by atoms with van der Waals surface area (Å²) in [6.07, 6.45) is 1.84. The molecule has 0 saturated carbocycles. The zero-order chi connectivity index (χ0) is 19.1. The molecule has 3 aromatic rings. The van der Waals surface area contributed by atoms with E-state index in [1.54, 1.807) is 0 Å². The van der Waals surface area contributed by atoms with E-state index in [1.165, 1.54) is 28.2 Å². The van der Waals surface area contributed by atoms with Crippen molar-refractivity contribution in [2.75, 3.05) is 7.05 Å². The predicted molar refractivity (Wildman–Crippen MR) is 113 cm³/mol. The van der Waals surface area contributed by atoms with Gasteiger partial charge in [0.05, 0.1) is 17.8 Å². The number of nitrogens with one attached hydrogen (secondary N) is 1. The Morgan fingerprint density at radius 2 is 1.78 bits per heavy atom. The Balaban J connectivity index is 1.81. The fourth-order valence-corrected chi connectivity index (χ4v) is 4.27. The van der Waals surface area contributed by atoms with Gasteiger partial charge in [0.25, 0.3) is 0 Å². The number of rotatable bonds is 3. The van der Waals surface area contributed by atoms with E-state index in [9.17, 15) is 0 Å². The Bertz CT molecular complexity index is 976. The first-order valence-electron chi connectivity index (χ1n) is 9.17. The molecule has 1 aliphatic heterocycles. The maximum atomic E-state index is 5.57. The molecule has 0 unspecified atom stereocenters. The minimum atomic E-state index is 0.0377. The average molecular weight is 377 g/mol. The summed E-state index contributed by atoms with van der Waals surface area (Å²) in [5.41, 5.74) is 7.19. The molecule has 5 heteroatoms. The Labute approximate surface area is 165 Å². The minimum absolute atomic E-state index is 0.0377. The number of nitrogens with zero attached hydrogens (tertiary/aromatic N) is 3. The molecule has 4 rings (SSSR count). The Hall–Kier alpha value is -2.66. The molecule has 0 bridgehead atoms. The van der Waals surface area contributed by atoms with E-state index in [0.29, 0.717) is 0 Å². The molecule has 3 heterocycles. The lowest BCUT2D eigenvalue weighted by Crippen LogP contribution is -2.25. The number of aromatic nitrogens is 2. The lowest BCUT2D eigenvalue weighted by Gasteiger charge is -2.24. The van der Waals surface area contributed by atoms with Crippen LogP contribution in [-0.2, 0) is 0 Å². The predicted octanol–water partition coefficient (Wildman–Crippen LogP) is 4.40. The van der Waals surface area contributed by atoms with Gasteiger partial charge < -0.3 is 14.8 Å². The molecule has 1 saturated heterocycles. The molecule has 0 radical (unpaired) electrons. The lowest BCUT2D eigenvalue weighted by molar-refractivity contribution is 0.367. The monoisotopic (exact) mass is 376 g/mol. The summed E-state index contributed by atoms with van der Waals surface area (Å²) in [6, 6.07) is 17.1. The van der Waals surface area contributed by atoms with Crippen molar-refractivity contribution >= 4 is 17.3 Å². The van der Waals surface area contributed by atoms with Crippen molar-refractivity contribution in [3.63, 3.8) is 0 Å². The van der Waals surface area contributed by atoms with Crippen LogP contribution in [0.25, 0.3) is 5.69 Å². The van der Waals surface area contributed by atoms with Crippen molar-refractivity contribution in [1.82, 2.24) is 19.8 Å². The molecule has 1 aromatic carbocycles. The highest BCUT2D eigenvalue weighted by molar-refractivity contribution is 7.80. The lowest BCUT2D eigenvalue weighted by atomic mass is 9.97. The first kappa shape index (κ1) is 17.7. The standard InChI is InChI=1S/C22H24N4S/c1-14-8-10-17(11-9-14)26-15(2)13-18(16(26)3)21-20(24-22(27)25(21)4)19-7-5-6-12-23-19/h5-13,20-21H,1-4H3,(H,24,27)/t20-,21-/m0/s1. The SMILES string of the molecule is Cc1ccc(-n2c(C)cc([C@H]3[C@H](c4ccccn4)NC(=S)N3C)c2C)cc1. The average Bonchev–Trinajstić information content (AvgIpc) is 3.12. The molecule has 0 spiro atoms. The summed E-state index contributed by atoms with van der Waals surface area (Å²) in [6.45, 7) is 6.46. The summed E-state index contributed by atoms with van der Waals surface area (Å²) in [7, 11) is 2.06. The third kappa shape index (κ3) is 3.02. The van der Waals surface area contributed by atoms with E-state index in [1.807, 2.05) is 18.3 Å². The van der Waals surface area contributed by atoms with E-state index in [0.717, 1.165) is 10.8 Å². The van der Waals surface area contributed by atoms with E-state index >= 15 is 0 Å². The summed E-state index contributed by atoms with van der Waals surface area (Å²) in [5, 5.41) is 4.22. The van der Waals surface area contributed by atoms with Crippen LogP contribution in [0, 0.1) is 20.8 Å². The zero-order valence-electron chi connectivity index (χ0n) is 16.1. The normalized spacial score (nSPS) is 19.4. The molecule has 1 fully saturated rings. The summed E-state index contributed by atoms with van der Waals surface area (Å²) in [4.78, 5) is 6.73.